The summed E-state index contributed by atoms with van der Waals surface area (Å²) in [6.07, 6.45) is 3.02. The molecule has 0 aliphatic carbocycles. The fraction of sp³-hybridized carbons (Fsp3) is 0.400. The second-order valence-electron chi connectivity index (χ2n) is 8.39. The smallest absolute Gasteiger partial charge is 0.248 e. The van der Waals surface area contributed by atoms with Crippen molar-refractivity contribution in [3.05, 3.63) is 70.0 Å². The minimum Gasteiger partial charge on any atom is -0.506 e. The highest BCUT2D eigenvalue weighted by Crippen LogP contribution is 2.28. The van der Waals surface area contributed by atoms with Gasteiger partial charge in [0.05, 0.1) is 18.2 Å². The van der Waals surface area contributed by atoms with Crippen LogP contribution >= 0.6 is 12.4 Å². The summed E-state index contributed by atoms with van der Waals surface area (Å²) in [6, 6.07) is 14.7. The molecule has 3 aromatic rings. The molecule has 0 aliphatic rings. The third kappa shape index (κ3) is 6.99. The van der Waals surface area contributed by atoms with Crippen LogP contribution < -0.4 is 16.2 Å². The Morgan fingerprint density at radius 2 is 1.88 bits per heavy atom. The lowest BCUT2D eigenvalue weighted by atomic mass is 10.0. The summed E-state index contributed by atoms with van der Waals surface area (Å²) in [7, 11) is 0. The number of hydrogen-bond donors (Lipinski definition) is 5. The van der Waals surface area contributed by atoms with Crippen LogP contribution in [0.3, 0.4) is 0 Å². The van der Waals surface area contributed by atoms with Gasteiger partial charge in [-0.05, 0) is 67.1 Å². The molecule has 1 heterocycles. The van der Waals surface area contributed by atoms with Gasteiger partial charge in [-0.25, -0.2) is 0 Å². The monoisotopic (exact) mass is 459 g/mol. The molecule has 0 spiro atoms. The molecule has 0 aliphatic heterocycles. The zero-order valence-corrected chi connectivity index (χ0v) is 19.5. The zero-order valence-electron chi connectivity index (χ0n) is 18.7. The molecule has 3 rings (SSSR count). The van der Waals surface area contributed by atoms with E-state index in [2.05, 4.69) is 53.7 Å². The predicted octanol–water partition coefficient (Wildman–Crippen LogP) is 4.37. The number of aromatic hydroxyl groups is 1. The normalized spacial score (nSPS) is 12.0. The van der Waals surface area contributed by atoms with E-state index in [-0.39, 0.29) is 36.4 Å². The number of phenols is 1. The van der Waals surface area contributed by atoms with E-state index in [1.165, 1.54) is 11.6 Å². The largest absolute Gasteiger partial charge is 0.506 e. The van der Waals surface area contributed by atoms with Crippen molar-refractivity contribution in [2.45, 2.75) is 39.2 Å². The number of benzene rings is 2. The van der Waals surface area contributed by atoms with E-state index in [0.29, 0.717) is 11.4 Å². The standard InChI is InChI=1S/C25H33N3O3.ClH/c1-17(2)12-14-26-19-7-3-5-18(15-19)6-4-13-27-22(16-29)20-8-10-23(30)25-21(20)9-11-24(31)28-25;/h3,5,7-11,15,17,22,26-27,29-30H,4,6,12-14,16H2,1-2H3,(H,28,31);1H. The Labute approximate surface area is 195 Å². The highest BCUT2D eigenvalue weighted by molar-refractivity contribution is 5.87. The summed E-state index contributed by atoms with van der Waals surface area (Å²) in [5, 5.41) is 27.6. The van der Waals surface area contributed by atoms with Gasteiger partial charge in [-0.2, -0.15) is 0 Å². The van der Waals surface area contributed by atoms with Gasteiger partial charge in [-0.1, -0.05) is 32.0 Å². The molecule has 1 atom stereocenters. The van der Waals surface area contributed by atoms with Crippen LogP contribution in [-0.2, 0) is 6.42 Å². The highest BCUT2D eigenvalue weighted by atomic mass is 35.5. The number of fused-ring (bicyclic) bond motifs is 1. The van der Waals surface area contributed by atoms with Gasteiger partial charge < -0.3 is 25.8 Å². The Morgan fingerprint density at radius 3 is 2.62 bits per heavy atom. The number of aromatic amines is 1. The first-order valence-electron chi connectivity index (χ1n) is 11.0. The van der Waals surface area contributed by atoms with Crippen LogP contribution in [-0.4, -0.2) is 34.9 Å². The van der Waals surface area contributed by atoms with Crippen LogP contribution in [0.2, 0.25) is 0 Å². The molecule has 0 bridgehead atoms. The van der Waals surface area contributed by atoms with Crippen LogP contribution in [0.1, 0.15) is 43.9 Å². The first-order valence-corrected chi connectivity index (χ1v) is 11.0. The number of anilines is 1. The lowest BCUT2D eigenvalue weighted by molar-refractivity contribution is 0.245. The van der Waals surface area contributed by atoms with Crippen LogP contribution in [0.5, 0.6) is 5.75 Å². The molecule has 0 radical (unpaired) electrons. The number of hydrogen-bond acceptors (Lipinski definition) is 5. The number of aryl methyl sites for hydroxylation is 1. The van der Waals surface area contributed by atoms with Gasteiger partial charge in [0.25, 0.3) is 0 Å². The Morgan fingerprint density at radius 1 is 1.06 bits per heavy atom. The second-order valence-corrected chi connectivity index (χ2v) is 8.39. The zero-order chi connectivity index (χ0) is 22.2. The van der Waals surface area contributed by atoms with E-state index in [1.54, 1.807) is 18.2 Å². The molecule has 6 nitrogen and oxygen atoms in total. The summed E-state index contributed by atoms with van der Waals surface area (Å²) in [5.41, 5.74) is 3.41. The second kappa shape index (κ2) is 12.5. The molecule has 0 saturated carbocycles. The SMILES string of the molecule is CC(C)CCNc1cccc(CCCNC(CO)c2ccc(O)c3[nH]c(=O)ccc23)c1.Cl. The average molecular weight is 460 g/mol. The molecule has 1 aromatic heterocycles. The van der Waals surface area contributed by atoms with Crippen molar-refractivity contribution in [1.29, 1.82) is 0 Å². The fourth-order valence-corrected chi connectivity index (χ4v) is 3.75. The van der Waals surface area contributed by atoms with E-state index < -0.39 is 0 Å². The van der Waals surface area contributed by atoms with Crippen molar-refractivity contribution in [1.82, 2.24) is 10.3 Å². The van der Waals surface area contributed by atoms with Crippen LogP contribution in [0.4, 0.5) is 5.69 Å². The van der Waals surface area contributed by atoms with Crippen LogP contribution in [0.15, 0.2) is 53.3 Å². The minimum absolute atomic E-state index is 0. The molecule has 2 aromatic carbocycles. The highest BCUT2D eigenvalue weighted by Gasteiger charge is 2.15. The average Bonchev–Trinajstić information content (AvgIpc) is 2.75. The molecule has 0 amide bonds. The number of rotatable bonds is 11. The van der Waals surface area contributed by atoms with E-state index in [0.717, 1.165) is 49.0 Å². The summed E-state index contributed by atoms with van der Waals surface area (Å²) in [5.74, 6) is 0.710. The number of halogens is 1. The van der Waals surface area contributed by atoms with E-state index in [1.807, 2.05) is 0 Å². The Kier molecular flexibility index (Phi) is 10.0. The predicted molar refractivity (Wildman–Crippen MR) is 134 cm³/mol. The van der Waals surface area contributed by atoms with Crippen molar-refractivity contribution in [3.63, 3.8) is 0 Å². The first-order chi connectivity index (χ1) is 15.0. The van der Waals surface area contributed by atoms with E-state index >= 15 is 0 Å². The van der Waals surface area contributed by atoms with E-state index in [9.17, 15) is 15.0 Å². The van der Waals surface area contributed by atoms with Crippen molar-refractivity contribution in [2.24, 2.45) is 5.92 Å². The number of pyridine rings is 1. The third-order valence-electron chi connectivity index (χ3n) is 5.48. The van der Waals surface area contributed by atoms with Crippen molar-refractivity contribution < 1.29 is 10.2 Å². The van der Waals surface area contributed by atoms with Gasteiger partial charge in [0.2, 0.25) is 5.56 Å². The lowest BCUT2D eigenvalue weighted by Gasteiger charge is -2.19. The number of phenolic OH excluding ortho intramolecular Hbond substituents is 1. The number of H-pyrrole nitrogens is 1. The Hall–Kier alpha value is -2.54. The lowest BCUT2D eigenvalue weighted by Crippen LogP contribution is -2.26. The topological polar surface area (TPSA) is 97.4 Å². The summed E-state index contributed by atoms with van der Waals surface area (Å²) >= 11 is 0. The fourth-order valence-electron chi connectivity index (χ4n) is 3.75. The Balaban J connectivity index is 0.00000363. The molecule has 0 fully saturated rings. The number of nitrogens with one attached hydrogen (secondary N) is 3. The maximum atomic E-state index is 11.6. The van der Waals surface area contributed by atoms with Crippen molar-refractivity contribution in [2.75, 3.05) is 25.0 Å². The molecule has 0 saturated heterocycles. The van der Waals surface area contributed by atoms with Crippen molar-refractivity contribution in [3.8, 4) is 5.75 Å². The number of aliphatic hydroxyl groups excluding tert-OH is 1. The van der Waals surface area contributed by atoms with Gasteiger partial charge in [-0.3, -0.25) is 4.79 Å². The molecule has 1 unspecified atom stereocenters. The van der Waals surface area contributed by atoms with Gasteiger partial charge in [0, 0.05) is 23.7 Å². The summed E-state index contributed by atoms with van der Waals surface area (Å²) in [6.45, 7) is 6.10. The van der Waals surface area contributed by atoms with Gasteiger partial charge in [-0.15, -0.1) is 12.4 Å². The van der Waals surface area contributed by atoms with Crippen LogP contribution in [0.25, 0.3) is 10.9 Å². The molecule has 5 N–H and O–H groups in total. The number of aliphatic hydroxyl groups is 1. The van der Waals surface area contributed by atoms with Crippen molar-refractivity contribution >= 4 is 29.0 Å². The molecule has 174 valence electrons. The minimum atomic E-state index is -0.280. The third-order valence-corrected chi connectivity index (χ3v) is 5.48. The molecular formula is C25H34ClN3O3. The quantitative estimate of drug-likeness (QED) is 0.274. The Bertz CT molecular complexity index is 1050. The van der Waals surface area contributed by atoms with E-state index in [4.69, 9.17) is 0 Å². The first kappa shape index (κ1) is 25.7. The molecule has 7 heteroatoms. The van der Waals surface area contributed by atoms with Gasteiger partial charge >= 0.3 is 0 Å². The van der Waals surface area contributed by atoms with Gasteiger partial charge in [0.1, 0.15) is 5.75 Å². The summed E-state index contributed by atoms with van der Waals surface area (Å²) < 4.78 is 0. The molecule has 32 heavy (non-hydrogen) atoms. The molecular weight excluding hydrogens is 426 g/mol. The van der Waals surface area contributed by atoms with Gasteiger partial charge in [0.15, 0.2) is 0 Å². The number of aromatic nitrogens is 1. The maximum Gasteiger partial charge on any atom is 0.248 e. The summed E-state index contributed by atoms with van der Waals surface area (Å²) in [4.78, 5) is 14.3. The van der Waals surface area contributed by atoms with Crippen LogP contribution in [0, 0.1) is 5.92 Å². The maximum absolute atomic E-state index is 11.6.